The zero-order chi connectivity index (χ0) is 17.7. The van der Waals surface area contributed by atoms with Gasteiger partial charge in [-0.3, -0.25) is 0 Å². The maximum absolute atomic E-state index is 12.6. The number of aromatic nitrogens is 5. The Bertz CT molecular complexity index is 1050. The van der Waals surface area contributed by atoms with Gasteiger partial charge in [-0.05, 0) is 43.7 Å². The highest BCUT2D eigenvalue weighted by atomic mass is 32.2. The summed E-state index contributed by atoms with van der Waals surface area (Å²) in [5, 5.41) is 16.9. The van der Waals surface area contributed by atoms with Gasteiger partial charge in [-0.2, -0.15) is 13.9 Å². The van der Waals surface area contributed by atoms with Crippen LogP contribution in [0.2, 0.25) is 0 Å². The van der Waals surface area contributed by atoms with Crippen LogP contribution in [0.1, 0.15) is 42.3 Å². The number of aryl methyl sites for hydroxylation is 2. The van der Waals surface area contributed by atoms with Crippen molar-refractivity contribution in [2.45, 2.75) is 42.9 Å². The van der Waals surface area contributed by atoms with E-state index in [0.717, 1.165) is 42.7 Å². The lowest BCUT2D eigenvalue weighted by atomic mass is 9.97. The van der Waals surface area contributed by atoms with Gasteiger partial charge in [0.05, 0.1) is 11.9 Å². The van der Waals surface area contributed by atoms with E-state index in [1.807, 2.05) is 4.52 Å². The summed E-state index contributed by atoms with van der Waals surface area (Å²) in [6.45, 7) is 0.857. The lowest BCUT2D eigenvalue weighted by molar-refractivity contribution is 0.311. The minimum Gasteiger partial charge on any atom is -0.363 e. The second kappa shape index (κ2) is 5.85. The molecule has 0 spiro atoms. The van der Waals surface area contributed by atoms with Crippen molar-refractivity contribution >= 4 is 15.7 Å². The SMILES string of the molecule is O=S(=O)(c1cnoc1)N1CCC(c2nnc3cc4c(nn23)CCC4)CC1. The standard InChI is InChI=1S/C16H18N6O3S/c23-26(24,13-9-17-25-10-13)21-6-4-11(5-7-21)16-19-18-15-8-12-2-1-3-14(12)20-22(15)16/h8-11H,1-7H2. The van der Waals surface area contributed by atoms with Crippen molar-refractivity contribution < 1.29 is 12.9 Å². The fraction of sp³-hybridized carbons (Fsp3) is 0.500. The molecule has 26 heavy (non-hydrogen) atoms. The topological polar surface area (TPSA) is 106 Å². The monoisotopic (exact) mass is 374 g/mol. The fourth-order valence-corrected chi connectivity index (χ4v) is 5.21. The first-order valence-electron chi connectivity index (χ1n) is 8.76. The van der Waals surface area contributed by atoms with E-state index in [1.165, 1.54) is 16.1 Å². The fourth-order valence-electron chi connectivity index (χ4n) is 3.87. The van der Waals surface area contributed by atoms with Gasteiger partial charge in [-0.25, -0.2) is 8.42 Å². The first kappa shape index (κ1) is 15.9. The lowest BCUT2D eigenvalue weighted by Crippen LogP contribution is -2.38. The van der Waals surface area contributed by atoms with Crippen LogP contribution in [-0.2, 0) is 22.9 Å². The first-order chi connectivity index (χ1) is 12.6. The van der Waals surface area contributed by atoms with Gasteiger partial charge in [0.1, 0.15) is 11.2 Å². The second-order valence-electron chi connectivity index (χ2n) is 6.84. The third kappa shape index (κ3) is 2.43. The van der Waals surface area contributed by atoms with Gasteiger partial charge in [-0.15, -0.1) is 10.2 Å². The van der Waals surface area contributed by atoms with Crippen molar-refractivity contribution in [2.75, 3.05) is 13.1 Å². The summed E-state index contributed by atoms with van der Waals surface area (Å²) >= 11 is 0. The van der Waals surface area contributed by atoms with E-state index in [2.05, 4.69) is 25.9 Å². The Morgan fingerprint density at radius 1 is 1.15 bits per heavy atom. The molecule has 5 rings (SSSR count). The van der Waals surface area contributed by atoms with Crippen molar-refractivity contribution in [2.24, 2.45) is 0 Å². The number of fused-ring (bicyclic) bond motifs is 2. The smallest absolute Gasteiger partial charge is 0.247 e. The first-order valence-corrected chi connectivity index (χ1v) is 10.2. The van der Waals surface area contributed by atoms with E-state index in [4.69, 9.17) is 5.10 Å². The summed E-state index contributed by atoms with van der Waals surface area (Å²) < 4.78 is 33.1. The molecule has 0 N–H and O–H groups in total. The average Bonchev–Trinajstić information content (AvgIpc) is 3.39. The molecule has 0 aromatic carbocycles. The minimum absolute atomic E-state index is 0.0982. The molecule has 9 nitrogen and oxygen atoms in total. The summed E-state index contributed by atoms with van der Waals surface area (Å²) in [5.74, 6) is 0.975. The molecule has 1 aliphatic carbocycles. The molecule has 1 fully saturated rings. The Morgan fingerprint density at radius 2 is 2.00 bits per heavy atom. The van der Waals surface area contributed by atoms with Crippen molar-refractivity contribution in [3.8, 4) is 0 Å². The molecule has 0 saturated carbocycles. The summed E-state index contributed by atoms with van der Waals surface area (Å²) in [6, 6.07) is 2.08. The molecule has 4 heterocycles. The van der Waals surface area contributed by atoms with E-state index >= 15 is 0 Å². The van der Waals surface area contributed by atoms with E-state index in [-0.39, 0.29) is 10.8 Å². The Hall–Kier alpha value is -2.33. The van der Waals surface area contributed by atoms with Crippen LogP contribution in [-0.4, -0.2) is 50.8 Å². The predicted octanol–water partition coefficient (Wildman–Crippen LogP) is 1.17. The van der Waals surface area contributed by atoms with Crippen LogP contribution in [0.15, 0.2) is 27.9 Å². The van der Waals surface area contributed by atoms with E-state index < -0.39 is 10.0 Å². The van der Waals surface area contributed by atoms with Crippen LogP contribution >= 0.6 is 0 Å². The molecule has 1 saturated heterocycles. The molecule has 3 aromatic rings. The molecule has 0 unspecified atom stereocenters. The van der Waals surface area contributed by atoms with Gasteiger partial charge < -0.3 is 4.52 Å². The summed E-state index contributed by atoms with van der Waals surface area (Å²) in [6.07, 6.45) is 6.96. The minimum atomic E-state index is -3.54. The molecule has 2 aliphatic rings. The molecule has 0 bridgehead atoms. The average molecular weight is 374 g/mol. The van der Waals surface area contributed by atoms with E-state index in [1.54, 1.807) is 0 Å². The second-order valence-corrected chi connectivity index (χ2v) is 8.77. The maximum atomic E-state index is 12.6. The number of hydrogen-bond acceptors (Lipinski definition) is 7. The highest BCUT2D eigenvalue weighted by Crippen LogP contribution is 2.30. The van der Waals surface area contributed by atoms with E-state index in [0.29, 0.717) is 25.9 Å². The van der Waals surface area contributed by atoms with E-state index in [9.17, 15) is 8.42 Å². The van der Waals surface area contributed by atoms with Gasteiger partial charge in [0.15, 0.2) is 11.5 Å². The van der Waals surface area contributed by atoms with Crippen LogP contribution in [0.4, 0.5) is 0 Å². The molecule has 10 heteroatoms. The molecule has 0 amide bonds. The summed E-state index contributed by atoms with van der Waals surface area (Å²) in [7, 11) is -3.54. The number of hydrogen-bond donors (Lipinski definition) is 0. The molecule has 0 radical (unpaired) electrons. The molecule has 136 valence electrons. The predicted molar refractivity (Wildman–Crippen MR) is 90.0 cm³/mol. The van der Waals surface area contributed by atoms with Crippen LogP contribution in [0, 0.1) is 0 Å². The molecular weight excluding hydrogens is 356 g/mol. The number of nitrogens with zero attached hydrogens (tertiary/aromatic N) is 6. The molecule has 1 aliphatic heterocycles. The van der Waals surface area contributed by atoms with Crippen LogP contribution < -0.4 is 0 Å². The number of rotatable bonds is 3. The van der Waals surface area contributed by atoms with Crippen LogP contribution in [0.3, 0.4) is 0 Å². The van der Waals surface area contributed by atoms with Crippen molar-refractivity contribution in [3.63, 3.8) is 0 Å². The molecule has 3 aromatic heterocycles. The number of sulfonamides is 1. The summed E-state index contributed by atoms with van der Waals surface area (Å²) in [4.78, 5) is 0.0982. The van der Waals surface area contributed by atoms with Gasteiger partial charge >= 0.3 is 0 Å². The largest absolute Gasteiger partial charge is 0.363 e. The number of piperidine rings is 1. The third-order valence-corrected chi connectivity index (χ3v) is 7.15. The van der Waals surface area contributed by atoms with Crippen molar-refractivity contribution in [3.05, 3.63) is 35.6 Å². The zero-order valence-electron chi connectivity index (χ0n) is 14.1. The highest BCUT2D eigenvalue weighted by molar-refractivity contribution is 7.89. The van der Waals surface area contributed by atoms with Gasteiger partial charge in [0, 0.05) is 19.0 Å². The van der Waals surface area contributed by atoms with Gasteiger partial charge in [-0.1, -0.05) is 5.16 Å². The Morgan fingerprint density at radius 3 is 2.77 bits per heavy atom. The van der Waals surface area contributed by atoms with Crippen molar-refractivity contribution in [1.82, 2.24) is 29.3 Å². The van der Waals surface area contributed by atoms with Gasteiger partial charge in [0.2, 0.25) is 10.0 Å². The molecular formula is C16H18N6O3S. The van der Waals surface area contributed by atoms with Crippen molar-refractivity contribution in [1.29, 1.82) is 0 Å². The maximum Gasteiger partial charge on any atom is 0.247 e. The van der Waals surface area contributed by atoms with Crippen LogP contribution in [0.25, 0.3) is 5.65 Å². The zero-order valence-corrected chi connectivity index (χ0v) is 14.9. The molecule has 0 atom stereocenters. The Balaban J connectivity index is 1.38. The quantitative estimate of drug-likeness (QED) is 0.677. The van der Waals surface area contributed by atoms with Crippen LogP contribution in [0.5, 0.6) is 0 Å². The Kier molecular flexibility index (Phi) is 3.57. The normalized spacial score (nSPS) is 19.2. The Labute approximate surface area is 150 Å². The van der Waals surface area contributed by atoms with Gasteiger partial charge in [0.25, 0.3) is 0 Å². The highest BCUT2D eigenvalue weighted by Gasteiger charge is 2.33. The third-order valence-electron chi connectivity index (χ3n) is 5.31. The lowest BCUT2D eigenvalue weighted by Gasteiger charge is -2.29. The summed E-state index contributed by atoms with van der Waals surface area (Å²) in [5.41, 5.74) is 3.18.